The van der Waals surface area contributed by atoms with Crippen LogP contribution in [0.4, 0.5) is 0 Å². The van der Waals surface area contributed by atoms with Crippen LogP contribution in [0.2, 0.25) is 0 Å². The summed E-state index contributed by atoms with van der Waals surface area (Å²) >= 11 is 0. The molecule has 0 unspecified atom stereocenters. The van der Waals surface area contributed by atoms with Gasteiger partial charge >= 0.3 is 34.3 Å². The minimum absolute atomic E-state index is 0.0104. The number of carbonyl (C=O) groups excluding carboxylic acids is 12. The Hall–Kier alpha value is -11.7. The van der Waals surface area contributed by atoms with Gasteiger partial charge in [-0.3, -0.25) is 76.5 Å². The Bertz CT molecular complexity index is 4310. The molecule has 0 spiro atoms. The van der Waals surface area contributed by atoms with Crippen LogP contribution in [0.3, 0.4) is 0 Å². The molecule has 4 rings (SSSR count). The number of rotatable bonds is 71. The molecule has 1 heterocycles. The van der Waals surface area contributed by atoms with Crippen molar-refractivity contribution >= 4 is 116 Å². The topological polar surface area (TPSA) is 629 Å². The molecule has 42 heteroatoms. The average molecular weight is 1820 g/mol. The highest BCUT2D eigenvalue weighted by Gasteiger charge is 2.36. The maximum Gasteiger partial charge on any atom is 0.446 e. The normalized spacial score (nSPS) is 13.1. The number of para-hydroxylation sites is 1. The molecule has 0 saturated heterocycles. The summed E-state index contributed by atoms with van der Waals surface area (Å²) in [6.07, 6.45) is 14.1. The van der Waals surface area contributed by atoms with Crippen LogP contribution in [0, 0.1) is 5.92 Å². The first-order valence-electron chi connectivity index (χ1n) is 43.1. The number of carboxylic acids is 4. The molecule has 3 aromatic carbocycles. The van der Waals surface area contributed by atoms with Gasteiger partial charge in [0.15, 0.2) is 0 Å². The van der Waals surface area contributed by atoms with E-state index in [4.69, 9.17) is 29.8 Å². The zero-order chi connectivity index (χ0) is 94.2. The maximum absolute atomic E-state index is 14.6. The van der Waals surface area contributed by atoms with Crippen LogP contribution in [0.25, 0.3) is 10.9 Å². The smallest absolute Gasteiger partial charge is 0.446 e. The number of aromatic nitrogens is 1. The van der Waals surface area contributed by atoms with Crippen LogP contribution >= 0.6 is 0 Å². The van der Waals surface area contributed by atoms with Crippen molar-refractivity contribution in [2.24, 2.45) is 11.7 Å². The van der Waals surface area contributed by atoms with Gasteiger partial charge in [-0.05, 0) is 72.9 Å². The Kier molecular flexibility index (Phi) is 52.3. The molecule has 0 aliphatic heterocycles. The Balaban J connectivity index is 1.25. The third-order valence-electron chi connectivity index (χ3n) is 19.9. The van der Waals surface area contributed by atoms with Gasteiger partial charge in [-0.15, -0.1) is 0 Å². The van der Waals surface area contributed by atoms with Gasteiger partial charge in [0.25, 0.3) is 0 Å². The van der Waals surface area contributed by atoms with E-state index in [1.165, 1.54) is 37.8 Å². The molecular weight excluding hydrogens is 1700 g/mol. The molecule has 41 nitrogen and oxygen atoms in total. The van der Waals surface area contributed by atoms with Crippen LogP contribution in [-0.4, -0.2) is 254 Å². The van der Waals surface area contributed by atoms with E-state index >= 15 is 0 Å². The van der Waals surface area contributed by atoms with E-state index in [0.717, 1.165) is 69.9 Å². The second-order valence-corrected chi connectivity index (χ2v) is 32.1. The van der Waals surface area contributed by atoms with Crippen LogP contribution in [0.5, 0.6) is 5.75 Å². The van der Waals surface area contributed by atoms with Gasteiger partial charge in [0.1, 0.15) is 67.3 Å². The lowest BCUT2D eigenvalue weighted by molar-refractivity contribution is -0.142. The number of ether oxygens (including phenoxy) is 4. The van der Waals surface area contributed by atoms with Crippen LogP contribution in [0.15, 0.2) is 85.1 Å². The summed E-state index contributed by atoms with van der Waals surface area (Å²) in [6.45, 7) is 3.27. The van der Waals surface area contributed by atoms with E-state index in [2.05, 4.69) is 67.7 Å². The zero-order valence-corrected chi connectivity index (χ0v) is 73.6. The van der Waals surface area contributed by atoms with Crippen LogP contribution < -0.4 is 68.4 Å². The average Bonchev–Trinajstić information content (AvgIpc) is 1.65. The number of nitrogens with one attached hydrogen (secondary N) is 12. The molecule has 0 bridgehead atoms. The van der Waals surface area contributed by atoms with E-state index in [-0.39, 0.29) is 134 Å². The molecule has 12 amide bonds. The Morgan fingerprint density at radius 3 is 1.41 bits per heavy atom. The summed E-state index contributed by atoms with van der Waals surface area (Å²) in [5.41, 5.74) is 7.59. The number of nitrogens with two attached hydrogens (primary N) is 1. The second kappa shape index (κ2) is 61.6. The number of unbranched alkanes of at least 4 members (excludes halogenated alkanes) is 14. The molecule has 1 aromatic heterocycles. The molecule has 4 aromatic rings. The van der Waals surface area contributed by atoms with Crippen molar-refractivity contribution in [2.75, 3.05) is 72.5 Å². The SMILES string of the molecule is CCCC[C@H](NC(=O)[C@H](Cc1c[nH]c2ccccc12)NC(=O)CNC(=O)[C@H](CC(C)C)NC(=O)[C@H](Cc1ccc(OS(=O)(=O)O)cc1)NC(=O)[C@H](CC(=O)O)NC(=O)COCCOCCNC(=O)COCCOCCNC(=O)CC[C@H](NC(=O)CCCCCCCCCCCCCCCCC(=O)O)C(=O)O)C(=O)N[C@@H](CC(=O)O)C(=O)N[C@@H](Cc1ccccc1)C(N)=O. The summed E-state index contributed by atoms with van der Waals surface area (Å²) in [6, 6.07) is 7.77. The Morgan fingerprint density at radius 1 is 0.406 bits per heavy atom. The Labute approximate surface area is 743 Å². The van der Waals surface area contributed by atoms with E-state index in [9.17, 15) is 105 Å². The standard InChI is InChI=1S/C86H127N13O28S/c1-4-5-28-63(81(113)99-70(51-78(109)110)85(117)96-65(79(87)111)47-57-25-19-18-20-26-57)95-83(115)68(49-59-52-90-62-29-24-23-27-61(59)62)93-73(102)53-91-80(112)66(46-56(2)3)97-82(114)67(48-58-32-34-60(35-33-58)127-128(120,121)122)98-84(116)69(50-77(107)108)94-75(104)55-126-45-43-124-41-39-89-74(103)54-125-44-42-123-40-38-88-71(100)37-36-64(86(118)119)92-72(101)30-21-16-14-12-10-8-6-7-9-11-13-15-17-22-31-76(105)106/h18-20,23-27,29,32-35,52,56,63-70,90H,4-17,21-22,28,30-31,36-51,53-55H2,1-3H3,(H2,87,111)(H,88,100)(H,89,103)(H,91,112)(H,92,101)(H,93,102)(H,94,104)(H,95,115)(H,96,117)(H,97,114)(H,98,116)(H,99,113)(H,105,106)(H,107,108)(H,109,110)(H,118,119)(H,120,121,122)/t63-,64-,65-,66-,67-,68-,69-,70-/m0/s1. The number of benzene rings is 3. The summed E-state index contributed by atoms with van der Waals surface area (Å²) < 4.78 is 58.3. The molecule has 0 saturated carbocycles. The fourth-order valence-corrected chi connectivity index (χ4v) is 13.6. The number of carbonyl (C=O) groups is 16. The highest BCUT2D eigenvalue weighted by Crippen LogP contribution is 2.22. The third-order valence-corrected chi connectivity index (χ3v) is 20.3. The fourth-order valence-electron chi connectivity index (χ4n) is 13.2. The summed E-state index contributed by atoms with van der Waals surface area (Å²) in [4.78, 5) is 212. The molecule has 0 aliphatic rings. The zero-order valence-electron chi connectivity index (χ0n) is 72.8. The lowest BCUT2D eigenvalue weighted by Crippen LogP contribution is -2.59. The van der Waals surface area contributed by atoms with Crippen molar-refractivity contribution in [3.05, 3.63) is 102 Å². The molecule has 0 fully saturated rings. The highest BCUT2D eigenvalue weighted by atomic mass is 32.3. The van der Waals surface area contributed by atoms with Gasteiger partial charge in [-0.2, -0.15) is 8.42 Å². The van der Waals surface area contributed by atoms with Gasteiger partial charge < -0.3 is 113 Å². The number of aliphatic carboxylic acids is 4. The Morgan fingerprint density at radius 2 is 0.859 bits per heavy atom. The first-order valence-corrected chi connectivity index (χ1v) is 44.5. The van der Waals surface area contributed by atoms with Gasteiger partial charge in [-0.1, -0.05) is 171 Å². The number of H-pyrrole nitrogens is 1. The number of hydrogen-bond donors (Lipinski definition) is 18. The summed E-state index contributed by atoms with van der Waals surface area (Å²) in [5, 5.41) is 66.1. The monoisotopic (exact) mass is 1820 g/mol. The molecule has 8 atom stereocenters. The van der Waals surface area contributed by atoms with E-state index < -0.39 is 180 Å². The van der Waals surface area contributed by atoms with Gasteiger partial charge in [0, 0.05) is 68.7 Å². The molecule has 710 valence electrons. The number of carboxylic acid groups (broad SMARTS) is 4. The number of primary amides is 1. The van der Waals surface area contributed by atoms with E-state index in [1.54, 1.807) is 81.6 Å². The highest BCUT2D eigenvalue weighted by molar-refractivity contribution is 7.81. The van der Waals surface area contributed by atoms with Crippen molar-refractivity contribution in [3.8, 4) is 5.75 Å². The largest absolute Gasteiger partial charge is 0.481 e. The minimum atomic E-state index is -4.99. The number of amides is 12. The van der Waals surface area contributed by atoms with Crippen molar-refractivity contribution < 1.29 is 133 Å². The quantitative estimate of drug-likeness (QED) is 0.0223. The molecular formula is C86H127N13O28S. The molecule has 0 radical (unpaired) electrons. The maximum atomic E-state index is 14.6. The predicted octanol–water partition coefficient (Wildman–Crippen LogP) is 2.53. The van der Waals surface area contributed by atoms with E-state index in [1.807, 2.05) is 0 Å². The second-order valence-electron chi connectivity index (χ2n) is 31.1. The van der Waals surface area contributed by atoms with Crippen molar-refractivity contribution in [1.82, 2.24) is 63.5 Å². The van der Waals surface area contributed by atoms with Gasteiger partial charge in [-0.25, -0.2) is 4.79 Å². The van der Waals surface area contributed by atoms with Crippen molar-refractivity contribution in [3.63, 3.8) is 0 Å². The third kappa shape index (κ3) is 48.3. The molecule has 0 aliphatic carbocycles. The number of aromatic amines is 1. The summed E-state index contributed by atoms with van der Waals surface area (Å²) in [5.74, 6) is -16.2. The number of hydrogen-bond acceptors (Lipinski definition) is 23. The van der Waals surface area contributed by atoms with Crippen molar-refractivity contribution in [1.29, 1.82) is 0 Å². The lowest BCUT2D eigenvalue weighted by Gasteiger charge is -2.26. The van der Waals surface area contributed by atoms with Crippen LogP contribution in [-0.2, 0) is 125 Å². The summed E-state index contributed by atoms with van der Waals surface area (Å²) in [7, 11) is -4.99. The predicted molar refractivity (Wildman–Crippen MR) is 463 cm³/mol. The molecule has 128 heavy (non-hydrogen) atoms. The van der Waals surface area contributed by atoms with Gasteiger partial charge in [0.2, 0.25) is 70.9 Å². The van der Waals surface area contributed by atoms with Gasteiger partial charge in [0.05, 0.1) is 59.0 Å². The van der Waals surface area contributed by atoms with Crippen LogP contribution in [0.1, 0.15) is 192 Å². The van der Waals surface area contributed by atoms with Crippen molar-refractivity contribution in [2.45, 2.75) is 242 Å². The van der Waals surface area contributed by atoms with E-state index in [0.29, 0.717) is 41.3 Å². The first kappa shape index (κ1) is 109. The fraction of sp³-hybridized carbons (Fsp3) is 0.581. The lowest BCUT2D eigenvalue weighted by atomic mass is 10.0. The minimum Gasteiger partial charge on any atom is -0.481 e. The molecule has 19 N–H and O–H groups in total. The number of fused-ring (bicyclic) bond motifs is 1. The first-order chi connectivity index (χ1) is 61.1.